The maximum atomic E-state index is 6.47. The quantitative estimate of drug-likeness (QED) is 0.655. The van der Waals surface area contributed by atoms with Gasteiger partial charge in [-0.3, -0.25) is 4.98 Å². The molecule has 1 aromatic heterocycles. The summed E-state index contributed by atoms with van der Waals surface area (Å²) in [6, 6.07) is 8.02. The Bertz CT molecular complexity index is 722. The van der Waals surface area contributed by atoms with Gasteiger partial charge >= 0.3 is 0 Å². The standard InChI is InChI=1S/C16H13Cl2NS/c1-9-13(17)6-5-12(14(9)18)16-10(2)15-11(8-20-16)4-3-7-19-15/h3-7H,8H2,1-2H3. The highest BCUT2D eigenvalue weighted by Crippen LogP contribution is 2.45. The lowest BCUT2D eigenvalue weighted by molar-refractivity contribution is 1.19. The fourth-order valence-corrected chi connectivity index (χ4v) is 4.07. The second kappa shape index (κ2) is 5.44. The van der Waals surface area contributed by atoms with E-state index in [9.17, 15) is 0 Å². The minimum absolute atomic E-state index is 0.705. The van der Waals surface area contributed by atoms with Crippen LogP contribution in [-0.2, 0) is 5.75 Å². The molecule has 0 aliphatic carbocycles. The van der Waals surface area contributed by atoms with Gasteiger partial charge in [0, 0.05) is 27.4 Å². The van der Waals surface area contributed by atoms with Crippen molar-refractivity contribution in [1.82, 2.24) is 4.98 Å². The predicted octanol–water partition coefficient (Wildman–Crippen LogP) is 5.83. The zero-order chi connectivity index (χ0) is 14.3. The van der Waals surface area contributed by atoms with Crippen LogP contribution in [0.3, 0.4) is 0 Å². The first-order valence-electron chi connectivity index (χ1n) is 6.32. The molecule has 1 aromatic carbocycles. The Morgan fingerprint density at radius 2 is 1.95 bits per heavy atom. The fourth-order valence-electron chi connectivity index (χ4n) is 2.38. The number of rotatable bonds is 1. The summed E-state index contributed by atoms with van der Waals surface area (Å²) >= 11 is 14.4. The van der Waals surface area contributed by atoms with Crippen molar-refractivity contribution >= 4 is 45.4 Å². The predicted molar refractivity (Wildman–Crippen MR) is 89.2 cm³/mol. The molecule has 0 saturated heterocycles. The Morgan fingerprint density at radius 1 is 1.15 bits per heavy atom. The molecule has 1 aliphatic heterocycles. The number of allylic oxidation sites excluding steroid dienone is 1. The third-order valence-electron chi connectivity index (χ3n) is 3.52. The molecular weight excluding hydrogens is 309 g/mol. The van der Waals surface area contributed by atoms with Gasteiger partial charge in [-0.15, -0.1) is 11.8 Å². The molecule has 0 fully saturated rings. The summed E-state index contributed by atoms with van der Waals surface area (Å²) in [5, 5.41) is 1.44. The highest BCUT2D eigenvalue weighted by molar-refractivity contribution is 8.08. The molecule has 0 atom stereocenters. The molecule has 20 heavy (non-hydrogen) atoms. The average Bonchev–Trinajstić information content (AvgIpc) is 2.47. The van der Waals surface area contributed by atoms with E-state index >= 15 is 0 Å². The first kappa shape index (κ1) is 14.0. The molecule has 0 radical (unpaired) electrons. The molecule has 0 bridgehead atoms. The number of thioether (sulfide) groups is 1. The molecule has 4 heteroatoms. The molecule has 0 spiro atoms. The molecule has 1 aliphatic rings. The minimum atomic E-state index is 0.705. The zero-order valence-electron chi connectivity index (χ0n) is 11.2. The van der Waals surface area contributed by atoms with Crippen molar-refractivity contribution in [1.29, 1.82) is 0 Å². The Balaban J connectivity index is 2.19. The molecule has 2 heterocycles. The Hall–Kier alpha value is -0.960. The molecule has 3 rings (SSSR count). The van der Waals surface area contributed by atoms with E-state index in [4.69, 9.17) is 23.2 Å². The maximum absolute atomic E-state index is 6.47. The van der Waals surface area contributed by atoms with Crippen LogP contribution in [0, 0.1) is 6.92 Å². The van der Waals surface area contributed by atoms with Crippen LogP contribution in [0.2, 0.25) is 10.0 Å². The van der Waals surface area contributed by atoms with E-state index in [0.29, 0.717) is 5.02 Å². The number of aromatic nitrogens is 1. The molecule has 1 nitrogen and oxygen atoms in total. The first-order valence-corrected chi connectivity index (χ1v) is 8.06. The second-order valence-electron chi connectivity index (χ2n) is 4.79. The molecule has 0 saturated carbocycles. The van der Waals surface area contributed by atoms with Crippen molar-refractivity contribution in [2.24, 2.45) is 0 Å². The number of hydrogen-bond donors (Lipinski definition) is 0. The lowest BCUT2D eigenvalue weighted by Crippen LogP contribution is -2.01. The van der Waals surface area contributed by atoms with Crippen molar-refractivity contribution in [3.8, 4) is 0 Å². The van der Waals surface area contributed by atoms with Gasteiger partial charge in [-0.2, -0.15) is 0 Å². The summed E-state index contributed by atoms with van der Waals surface area (Å²) in [5.74, 6) is 0.924. The number of hydrogen-bond acceptors (Lipinski definition) is 2. The maximum Gasteiger partial charge on any atom is 0.0710 e. The van der Waals surface area contributed by atoms with Crippen LogP contribution in [0.1, 0.15) is 29.3 Å². The fraction of sp³-hybridized carbons (Fsp3) is 0.188. The largest absolute Gasteiger partial charge is 0.256 e. The van der Waals surface area contributed by atoms with Gasteiger partial charge in [-0.1, -0.05) is 35.3 Å². The van der Waals surface area contributed by atoms with E-state index in [1.54, 1.807) is 0 Å². The van der Waals surface area contributed by atoms with Crippen LogP contribution in [0.4, 0.5) is 0 Å². The summed E-state index contributed by atoms with van der Waals surface area (Å²) in [4.78, 5) is 5.70. The molecule has 0 N–H and O–H groups in total. The number of halogens is 2. The van der Waals surface area contributed by atoms with Crippen molar-refractivity contribution in [3.63, 3.8) is 0 Å². The van der Waals surface area contributed by atoms with Crippen molar-refractivity contribution in [3.05, 3.63) is 62.9 Å². The van der Waals surface area contributed by atoms with Crippen molar-refractivity contribution in [2.75, 3.05) is 0 Å². The van der Waals surface area contributed by atoms with Crippen LogP contribution in [-0.4, -0.2) is 4.98 Å². The smallest absolute Gasteiger partial charge is 0.0710 e. The summed E-state index contributed by atoms with van der Waals surface area (Å²) in [5.41, 5.74) is 5.51. The van der Waals surface area contributed by atoms with E-state index in [0.717, 1.165) is 27.6 Å². The number of pyridine rings is 1. The summed E-state index contributed by atoms with van der Waals surface area (Å²) in [6.07, 6.45) is 1.84. The van der Waals surface area contributed by atoms with E-state index in [1.165, 1.54) is 16.0 Å². The Morgan fingerprint density at radius 3 is 2.75 bits per heavy atom. The van der Waals surface area contributed by atoms with Gasteiger partial charge in [0.2, 0.25) is 0 Å². The molecule has 2 aromatic rings. The monoisotopic (exact) mass is 321 g/mol. The van der Waals surface area contributed by atoms with Gasteiger partial charge in [0.25, 0.3) is 0 Å². The second-order valence-corrected chi connectivity index (χ2v) is 6.56. The summed E-state index contributed by atoms with van der Waals surface area (Å²) in [7, 11) is 0. The van der Waals surface area contributed by atoms with Crippen LogP contribution in [0.5, 0.6) is 0 Å². The van der Waals surface area contributed by atoms with Crippen LogP contribution < -0.4 is 0 Å². The lowest BCUT2D eigenvalue weighted by Gasteiger charge is -2.21. The SMILES string of the molecule is CC1=C(c2ccc(Cl)c(C)c2Cl)SCc2cccnc21. The molecule has 0 unspecified atom stereocenters. The number of nitrogens with zero attached hydrogens (tertiary/aromatic N) is 1. The van der Waals surface area contributed by atoms with Crippen molar-refractivity contribution in [2.45, 2.75) is 19.6 Å². The lowest BCUT2D eigenvalue weighted by atomic mass is 10.0. The van der Waals surface area contributed by atoms with Gasteiger partial charge in [-0.05, 0) is 42.7 Å². The van der Waals surface area contributed by atoms with Crippen molar-refractivity contribution < 1.29 is 0 Å². The highest BCUT2D eigenvalue weighted by Gasteiger charge is 2.21. The zero-order valence-corrected chi connectivity index (χ0v) is 13.5. The topological polar surface area (TPSA) is 12.9 Å². The normalized spacial score (nSPS) is 14.4. The summed E-state index contributed by atoms with van der Waals surface area (Å²) < 4.78 is 0. The van der Waals surface area contributed by atoms with Crippen LogP contribution in [0.25, 0.3) is 10.5 Å². The van der Waals surface area contributed by atoms with Crippen LogP contribution >= 0.6 is 35.0 Å². The molecular formula is C16H13Cl2NS. The van der Waals surface area contributed by atoms with Gasteiger partial charge in [0.05, 0.1) is 10.7 Å². The van der Waals surface area contributed by atoms with E-state index in [1.807, 2.05) is 43.1 Å². The van der Waals surface area contributed by atoms with E-state index in [-0.39, 0.29) is 0 Å². The van der Waals surface area contributed by atoms with Gasteiger partial charge in [-0.25, -0.2) is 0 Å². The van der Waals surface area contributed by atoms with Crippen LogP contribution in [0.15, 0.2) is 30.5 Å². The third-order valence-corrected chi connectivity index (χ3v) is 5.69. The average molecular weight is 322 g/mol. The van der Waals surface area contributed by atoms with E-state index < -0.39 is 0 Å². The van der Waals surface area contributed by atoms with E-state index in [2.05, 4.69) is 18.0 Å². The summed E-state index contributed by atoms with van der Waals surface area (Å²) in [6.45, 7) is 4.05. The third kappa shape index (κ3) is 2.26. The minimum Gasteiger partial charge on any atom is -0.256 e. The Labute approximate surface area is 133 Å². The van der Waals surface area contributed by atoms with Gasteiger partial charge in [0.15, 0.2) is 0 Å². The molecule has 102 valence electrons. The van der Waals surface area contributed by atoms with Gasteiger partial charge < -0.3 is 0 Å². The Kier molecular flexibility index (Phi) is 3.80. The highest BCUT2D eigenvalue weighted by atomic mass is 35.5. The number of fused-ring (bicyclic) bond motifs is 1. The number of benzene rings is 1. The first-order chi connectivity index (χ1) is 9.59. The molecule has 0 amide bonds. The van der Waals surface area contributed by atoms with Gasteiger partial charge in [0.1, 0.15) is 0 Å².